The first kappa shape index (κ1) is 35.7. The van der Waals surface area contributed by atoms with Crippen molar-refractivity contribution in [2.24, 2.45) is 0 Å². The summed E-state index contributed by atoms with van der Waals surface area (Å²) in [5.41, 5.74) is 0. The fraction of sp³-hybridized carbons (Fsp3) is 0.286. The van der Waals surface area contributed by atoms with Crippen LogP contribution in [0.25, 0.3) is 32.3 Å². The van der Waals surface area contributed by atoms with Gasteiger partial charge in [0.2, 0.25) is 11.5 Å². The van der Waals surface area contributed by atoms with Crippen LogP contribution in [-0.4, -0.2) is 39.6 Å². The van der Waals surface area contributed by atoms with E-state index >= 15 is 0 Å². The molecule has 0 amide bonds. The van der Waals surface area contributed by atoms with Gasteiger partial charge in [0, 0.05) is 16.2 Å². The Labute approximate surface area is 285 Å². The Bertz CT molecular complexity index is 1750. The smallest absolute Gasteiger partial charge is 0.208 e. The molecule has 0 radical (unpaired) electrons. The maximum absolute atomic E-state index is 6.74. The molecule has 0 N–H and O–H groups in total. The molecule has 0 bridgehead atoms. The minimum Gasteiger partial charge on any atom is -0.489 e. The lowest BCUT2D eigenvalue weighted by atomic mass is 9.91. The SMILES string of the molecule is C=CCCCOc1c(OCCCC=C)c(OCC=C)c2c3c(OCC=C)c(OCC=C)ccc3c3ccccc3c2c1OCCCC=C. The van der Waals surface area contributed by atoms with E-state index < -0.39 is 0 Å². The van der Waals surface area contributed by atoms with Gasteiger partial charge < -0.3 is 28.4 Å². The molecule has 0 aromatic heterocycles. The van der Waals surface area contributed by atoms with Crippen LogP contribution in [0.1, 0.15) is 38.5 Å². The average molecular weight is 649 g/mol. The first-order valence-electron chi connectivity index (χ1n) is 16.6. The molecule has 4 rings (SSSR count). The Morgan fingerprint density at radius 1 is 0.396 bits per heavy atom. The first-order valence-corrected chi connectivity index (χ1v) is 16.6. The fourth-order valence-electron chi connectivity index (χ4n) is 5.56. The van der Waals surface area contributed by atoms with Crippen LogP contribution in [0.2, 0.25) is 0 Å². The van der Waals surface area contributed by atoms with E-state index in [9.17, 15) is 0 Å². The molecule has 0 fully saturated rings. The lowest BCUT2D eigenvalue weighted by Crippen LogP contribution is -2.09. The molecule has 0 heterocycles. The summed E-state index contributed by atoms with van der Waals surface area (Å²) < 4.78 is 39.2. The Morgan fingerprint density at radius 2 is 0.833 bits per heavy atom. The maximum Gasteiger partial charge on any atom is 0.208 e. The number of hydrogen-bond acceptors (Lipinski definition) is 6. The molecule has 0 saturated carbocycles. The second kappa shape index (κ2) is 18.9. The molecule has 0 aliphatic heterocycles. The van der Waals surface area contributed by atoms with Crippen molar-refractivity contribution >= 4 is 32.3 Å². The van der Waals surface area contributed by atoms with E-state index in [0.29, 0.717) is 60.9 Å². The third-order valence-electron chi connectivity index (χ3n) is 7.63. The molecule has 48 heavy (non-hydrogen) atoms. The molecule has 4 aromatic carbocycles. The van der Waals surface area contributed by atoms with Crippen LogP contribution < -0.4 is 28.4 Å². The van der Waals surface area contributed by atoms with Gasteiger partial charge in [-0.05, 0) is 66.8 Å². The van der Waals surface area contributed by atoms with Crippen LogP contribution in [0.15, 0.2) is 112 Å². The molecular formula is C42H48O6. The van der Waals surface area contributed by atoms with Crippen molar-refractivity contribution in [1.29, 1.82) is 0 Å². The molecule has 252 valence electrons. The van der Waals surface area contributed by atoms with E-state index in [1.165, 1.54) is 0 Å². The molecule has 0 saturated heterocycles. The highest BCUT2D eigenvalue weighted by Gasteiger charge is 2.30. The quantitative estimate of drug-likeness (QED) is 0.0428. The van der Waals surface area contributed by atoms with Gasteiger partial charge in [0.25, 0.3) is 0 Å². The normalized spacial score (nSPS) is 10.8. The van der Waals surface area contributed by atoms with Crippen LogP contribution in [0.3, 0.4) is 0 Å². The summed E-state index contributed by atoms with van der Waals surface area (Å²) in [4.78, 5) is 0. The topological polar surface area (TPSA) is 55.4 Å². The van der Waals surface area contributed by atoms with E-state index in [4.69, 9.17) is 28.4 Å². The van der Waals surface area contributed by atoms with Crippen LogP contribution in [0.4, 0.5) is 0 Å². The van der Waals surface area contributed by atoms with Crippen molar-refractivity contribution in [1.82, 2.24) is 0 Å². The van der Waals surface area contributed by atoms with Crippen LogP contribution >= 0.6 is 0 Å². The predicted octanol–water partition coefficient (Wildman–Crippen LogP) is 10.9. The molecule has 0 unspecified atom stereocenters. The summed E-state index contributed by atoms with van der Waals surface area (Å²) >= 11 is 0. The molecule has 4 aromatic rings. The van der Waals surface area contributed by atoms with Gasteiger partial charge in [-0.15, -0.1) is 19.7 Å². The lowest BCUT2D eigenvalue weighted by molar-refractivity contribution is 0.231. The Balaban J connectivity index is 2.25. The molecule has 0 spiro atoms. The largest absolute Gasteiger partial charge is 0.489 e. The van der Waals surface area contributed by atoms with Crippen LogP contribution in [0, 0.1) is 0 Å². The van der Waals surface area contributed by atoms with Gasteiger partial charge >= 0.3 is 0 Å². The zero-order valence-electron chi connectivity index (χ0n) is 28.1. The number of rotatable bonds is 24. The molecular weight excluding hydrogens is 600 g/mol. The van der Waals surface area contributed by atoms with Crippen molar-refractivity contribution < 1.29 is 28.4 Å². The second-order valence-corrected chi connectivity index (χ2v) is 11.1. The van der Waals surface area contributed by atoms with Gasteiger partial charge in [0.15, 0.2) is 23.0 Å². The molecule has 6 nitrogen and oxygen atoms in total. The van der Waals surface area contributed by atoms with Crippen molar-refractivity contribution in [3.63, 3.8) is 0 Å². The average Bonchev–Trinajstić information content (AvgIpc) is 3.11. The Kier molecular flexibility index (Phi) is 14.1. The monoisotopic (exact) mass is 648 g/mol. The van der Waals surface area contributed by atoms with Crippen molar-refractivity contribution in [3.05, 3.63) is 112 Å². The van der Waals surface area contributed by atoms with Crippen LogP contribution in [-0.2, 0) is 0 Å². The van der Waals surface area contributed by atoms with E-state index in [-0.39, 0.29) is 13.2 Å². The summed E-state index contributed by atoms with van der Waals surface area (Å²) in [7, 11) is 0. The number of ether oxygens (including phenoxy) is 6. The summed E-state index contributed by atoms with van der Waals surface area (Å²) in [6, 6.07) is 12.3. The summed E-state index contributed by atoms with van der Waals surface area (Å²) in [6.07, 6.45) is 15.5. The van der Waals surface area contributed by atoms with Gasteiger partial charge in [-0.25, -0.2) is 0 Å². The summed E-state index contributed by atoms with van der Waals surface area (Å²) in [5, 5.41) is 5.35. The highest BCUT2D eigenvalue weighted by atomic mass is 16.6. The Hall–Kier alpha value is -5.10. The summed E-state index contributed by atoms with van der Waals surface area (Å²) in [5.74, 6) is 3.20. The van der Waals surface area contributed by atoms with Crippen molar-refractivity contribution in [2.45, 2.75) is 38.5 Å². The number of allylic oxidation sites excluding steroid dienone is 3. The van der Waals surface area contributed by atoms with Gasteiger partial charge in [-0.3, -0.25) is 0 Å². The third kappa shape index (κ3) is 8.24. The third-order valence-corrected chi connectivity index (χ3v) is 7.63. The fourth-order valence-corrected chi connectivity index (χ4v) is 5.56. The van der Waals surface area contributed by atoms with Crippen molar-refractivity contribution in [2.75, 3.05) is 39.6 Å². The predicted molar refractivity (Wildman–Crippen MR) is 201 cm³/mol. The van der Waals surface area contributed by atoms with Gasteiger partial charge in [-0.2, -0.15) is 0 Å². The molecule has 6 heteroatoms. The molecule has 0 aliphatic carbocycles. The van der Waals surface area contributed by atoms with E-state index in [1.807, 2.05) is 36.4 Å². The van der Waals surface area contributed by atoms with E-state index in [2.05, 4.69) is 57.7 Å². The zero-order valence-corrected chi connectivity index (χ0v) is 28.1. The highest BCUT2D eigenvalue weighted by molar-refractivity contribution is 6.31. The molecule has 0 atom stereocenters. The Morgan fingerprint density at radius 3 is 1.38 bits per heavy atom. The van der Waals surface area contributed by atoms with E-state index in [0.717, 1.165) is 70.8 Å². The minimum atomic E-state index is 0.234. The maximum atomic E-state index is 6.74. The number of hydrogen-bond donors (Lipinski definition) is 0. The lowest BCUT2D eigenvalue weighted by Gasteiger charge is -2.25. The van der Waals surface area contributed by atoms with E-state index in [1.54, 1.807) is 18.2 Å². The number of fused-ring (bicyclic) bond motifs is 6. The van der Waals surface area contributed by atoms with Gasteiger partial charge in [0.05, 0.1) is 19.8 Å². The standard InChI is InChI=1S/C42H48O6/c1-7-13-18-28-46-39-36-32-22-17-16-21-31(32)33-23-24-34(43-25-10-4)38(44-26-11-5)35(33)37(36)40(45-27-12-6)42(48-30-20-15-9-3)41(39)47-29-19-14-8-2/h7-12,16-17,21-24H,1-6,13-15,18-20,25-30H2. The van der Waals surface area contributed by atoms with Gasteiger partial charge in [0.1, 0.15) is 19.8 Å². The first-order chi connectivity index (χ1) is 23.7. The highest BCUT2D eigenvalue weighted by Crippen LogP contribution is 2.57. The van der Waals surface area contributed by atoms with Gasteiger partial charge in [-0.1, -0.05) is 80.5 Å². The summed E-state index contributed by atoms with van der Waals surface area (Å²) in [6.45, 7) is 25.4. The number of benzene rings is 4. The zero-order chi connectivity index (χ0) is 34.1. The number of unbranched alkanes of at least 4 members (excludes halogenated alkanes) is 3. The van der Waals surface area contributed by atoms with Crippen LogP contribution in [0.5, 0.6) is 34.5 Å². The minimum absolute atomic E-state index is 0.234. The second-order valence-electron chi connectivity index (χ2n) is 11.1. The molecule has 0 aliphatic rings. The van der Waals surface area contributed by atoms with Crippen molar-refractivity contribution in [3.8, 4) is 34.5 Å².